The first-order chi connectivity index (χ1) is 15.5. The first-order valence-corrected chi connectivity index (χ1v) is 10.6. The minimum absolute atomic E-state index is 0.0967. The SMILES string of the molecule is O=C(Cc1cc2cc(F)ccc2n1Cc1cccc(F)c1)Nc1ccc(N2CCC2)nc1. The average Bonchev–Trinajstić information content (AvgIpc) is 3.04. The number of nitrogens with zero attached hydrogens (tertiary/aromatic N) is 3. The molecule has 32 heavy (non-hydrogen) atoms. The fourth-order valence-electron chi connectivity index (χ4n) is 4.01. The first kappa shape index (κ1) is 20.2. The summed E-state index contributed by atoms with van der Waals surface area (Å²) in [4.78, 5) is 19.4. The second-order valence-corrected chi connectivity index (χ2v) is 8.03. The van der Waals surface area contributed by atoms with Gasteiger partial charge in [-0.25, -0.2) is 13.8 Å². The van der Waals surface area contributed by atoms with Gasteiger partial charge in [-0.05, 0) is 60.5 Å². The van der Waals surface area contributed by atoms with Crippen LogP contribution in [-0.2, 0) is 17.8 Å². The molecule has 3 heterocycles. The van der Waals surface area contributed by atoms with Crippen molar-refractivity contribution in [3.63, 3.8) is 0 Å². The van der Waals surface area contributed by atoms with Crippen molar-refractivity contribution >= 4 is 28.3 Å². The van der Waals surface area contributed by atoms with E-state index in [1.807, 2.05) is 28.8 Å². The summed E-state index contributed by atoms with van der Waals surface area (Å²) in [5.41, 5.74) is 2.90. The van der Waals surface area contributed by atoms with Crippen molar-refractivity contribution in [2.45, 2.75) is 19.4 Å². The highest BCUT2D eigenvalue weighted by Crippen LogP contribution is 2.24. The van der Waals surface area contributed by atoms with E-state index in [0.29, 0.717) is 17.6 Å². The number of benzene rings is 2. The molecule has 2 aromatic carbocycles. The number of carbonyl (C=O) groups excluding carboxylic acids is 1. The van der Waals surface area contributed by atoms with E-state index in [-0.39, 0.29) is 24.0 Å². The van der Waals surface area contributed by atoms with Gasteiger partial charge in [0.2, 0.25) is 5.91 Å². The zero-order chi connectivity index (χ0) is 22.1. The van der Waals surface area contributed by atoms with Crippen LogP contribution in [0.5, 0.6) is 0 Å². The van der Waals surface area contributed by atoms with Crippen LogP contribution in [0, 0.1) is 11.6 Å². The van der Waals surface area contributed by atoms with E-state index < -0.39 is 0 Å². The van der Waals surface area contributed by atoms with Crippen molar-refractivity contribution in [3.8, 4) is 0 Å². The number of amides is 1. The quantitative estimate of drug-likeness (QED) is 0.478. The molecule has 0 radical (unpaired) electrons. The Morgan fingerprint density at radius 2 is 1.84 bits per heavy atom. The minimum atomic E-state index is -0.343. The summed E-state index contributed by atoms with van der Waals surface area (Å²) in [5.74, 6) is 0.0435. The molecule has 0 bridgehead atoms. The largest absolute Gasteiger partial charge is 0.356 e. The third-order valence-electron chi connectivity index (χ3n) is 5.73. The lowest BCUT2D eigenvalue weighted by atomic mass is 10.2. The number of halogens is 2. The van der Waals surface area contributed by atoms with Crippen LogP contribution in [0.25, 0.3) is 10.9 Å². The number of hydrogen-bond acceptors (Lipinski definition) is 3. The smallest absolute Gasteiger partial charge is 0.230 e. The summed E-state index contributed by atoms with van der Waals surface area (Å²) in [6.07, 6.45) is 2.93. The van der Waals surface area contributed by atoms with Crippen molar-refractivity contribution in [3.05, 3.63) is 89.8 Å². The predicted molar refractivity (Wildman–Crippen MR) is 121 cm³/mol. The van der Waals surface area contributed by atoms with Crippen LogP contribution in [0.15, 0.2) is 66.9 Å². The molecule has 1 saturated heterocycles. The molecule has 1 N–H and O–H groups in total. The zero-order valence-electron chi connectivity index (χ0n) is 17.4. The molecule has 0 saturated carbocycles. The molecule has 1 fully saturated rings. The molecule has 5 rings (SSSR count). The zero-order valence-corrected chi connectivity index (χ0v) is 17.4. The van der Waals surface area contributed by atoms with Crippen molar-refractivity contribution in [2.75, 3.05) is 23.3 Å². The molecular weight excluding hydrogens is 410 g/mol. The van der Waals surface area contributed by atoms with E-state index in [1.165, 1.54) is 30.7 Å². The molecule has 162 valence electrons. The molecule has 7 heteroatoms. The minimum Gasteiger partial charge on any atom is -0.356 e. The molecule has 1 amide bonds. The Kier molecular flexibility index (Phi) is 5.31. The summed E-state index contributed by atoms with van der Waals surface area (Å²) >= 11 is 0. The third-order valence-corrected chi connectivity index (χ3v) is 5.73. The molecule has 0 aliphatic carbocycles. The Morgan fingerprint density at radius 3 is 2.56 bits per heavy atom. The van der Waals surface area contributed by atoms with Gasteiger partial charge in [0.1, 0.15) is 17.5 Å². The number of rotatable bonds is 6. The molecule has 0 unspecified atom stereocenters. The lowest BCUT2D eigenvalue weighted by Crippen LogP contribution is -2.37. The van der Waals surface area contributed by atoms with Gasteiger partial charge in [0.15, 0.2) is 0 Å². The molecule has 1 aliphatic heterocycles. The summed E-state index contributed by atoms with van der Waals surface area (Å²) in [6.45, 7) is 2.39. The maximum absolute atomic E-state index is 13.8. The number of hydrogen-bond donors (Lipinski definition) is 1. The van der Waals surface area contributed by atoms with Crippen LogP contribution in [0.3, 0.4) is 0 Å². The Morgan fingerprint density at radius 1 is 1.00 bits per heavy atom. The highest BCUT2D eigenvalue weighted by Gasteiger charge is 2.16. The lowest BCUT2D eigenvalue weighted by Gasteiger charge is -2.31. The predicted octanol–water partition coefficient (Wildman–Crippen LogP) is 4.75. The van der Waals surface area contributed by atoms with Gasteiger partial charge in [0.05, 0.1) is 18.3 Å². The van der Waals surface area contributed by atoms with Crippen LogP contribution < -0.4 is 10.2 Å². The molecule has 2 aromatic heterocycles. The molecule has 4 aromatic rings. The van der Waals surface area contributed by atoms with Crippen LogP contribution in [0.1, 0.15) is 17.7 Å². The van der Waals surface area contributed by atoms with Crippen molar-refractivity contribution < 1.29 is 13.6 Å². The molecule has 0 spiro atoms. The first-order valence-electron chi connectivity index (χ1n) is 10.6. The van der Waals surface area contributed by atoms with Gasteiger partial charge < -0.3 is 14.8 Å². The fraction of sp³-hybridized carbons (Fsp3) is 0.200. The van der Waals surface area contributed by atoms with Crippen LogP contribution in [0.2, 0.25) is 0 Å². The normalized spacial score (nSPS) is 13.2. The highest BCUT2D eigenvalue weighted by atomic mass is 19.1. The van der Waals surface area contributed by atoms with Gasteiger partial charge in [-0.2, -0.15) is 0 Å². The van der Waals surface area contributed by atoms with Gasteiger partial charge in [-0.3, -0.25) is 4.79 Å². The molecule has 0 atom stereocenters. The van der Waals surface area contributed by atoms with Gasteiger partial charge in [-0.15, -0.1) is 0 Å². The maximum atomic E-state index is 13.8. The Bertz CT molecular complexity index is 1280. The van der Waals surface area contributed by atoms with Crippen molar-refractivity contribution in [2.24, 2.45) is 0 Å². The van der Waals surface area contributed by atoms with Gasteiger partial charge in [0, 0.05) is 36.2 Å². The number of fused-ring (bicyclic) bond motifs is 1. The van der Waals surface area contributed by atoms with E-state index >= 15 is 0 Å². The third kappa shape index (κ3) is 4.19. The van der Waals surface area contributed by atoms with E-state index in [9.17, 15) is 13.6 Å². The lowest BCUT2D eigenvalue weighted by molar-refractivity contribution is -0.115. The number of carbonyl (C=O) groups is 1. The van der Waals surface area contributed by atoms with Crippen LogP contribution in [0.4, 0.5) is 20.3 Å². The van der Waals surface area contributed by atoms with Gasteiger partial charge in [0.25, 0.3) is 0 Å². The second kappa shape index (κ2) is 8.42. The summed E-state index contributed by atoms with van der Waals surface area (Å²) in [6, 6.07) is 16.4. The second-order valence-electron chi connectivity index (χ2n) is 8.03. The number of aromatic nitrogens is 2. The topological polar surface area (TPSA) is 50.2 Å². The summed E-state index contributed by atoms with van der Waals surface area (Å²) < 4.78 is 29.4. The highest BCUT2D eigenvalue weighted by molar-refractivity contribution is 5.93. The van der Waals surface area contributed by atoms with E-state index in [1.54, 1.807) is 18.3 Å². The number of pyridine rings is 1. The van der Waals surface area contributed by atoms with Crippen LogP contribution >= 0.6 is 0 Å². The fourth-order valence-corrected chi connectivity index (χ4v) is 4.01. The van der Waals surface area contributed by atoms with Crippen molar-refractivity contribution in [1.29, 1.82) is 0 Å². The summed E-state index contributed by atoms with van der Waals surface area (Å²) in [5, 5.41) is 3.58. The Labute approximate surface area is 184 Å². The van der Waals surface area contributed by atoms with E-state index in [4.69, 9.17) is 0 Å². The molecule has 5 nitrogen and oxygen atoms in total. The Balaban J connectivity index is 1.38. The standard InChI is InChI=1S/C25H22F2N4O/c26-19-4-1-3-17(11-19)16-31-22(13-18-12-20(27)5-7-23(18)31)14-25(32)29-21-6-8-24(28-15-21)30-9-2-10-30/h1,3-8,11-13,15H,2,9-10,14,16H2,(H,29,32). The van der Waals surface area contributed by atoms with Gasteiger partial charge >= 0.3 is 0 Å². The summed E-state index contributed by atoms with van der Waals surface area (Å²) in [7, 11) is 0. The van der Waals surface area contributed by atoms with Crippen LogP contribution in [-0.4, -0.2) is 28.5 Å². The molecular formula is C25H22F2N4O. The van der Waals surface area contributed by atoms with Gasteiger partial charge in [-0.1, -0.05) is 12.1 Å². The number of nitrogens with one attached hydrogen (secondary N) is 1. The molecule has 1 aliphatic rings. The monoisotopic (exact) mass is 432 g/mol. The Hall–Kier alpha value is -3.74. The van der Waals surface area contributed by atoms with E-state index in [2.05, 4.69) is 15.2 Å². The maximum Gasteiger partial charge on any atom is 0.230 e. The van der Waals surface area contributed by atoms with E-state index in [0.717, 1.165) is 35.7 Å². The number of anilines is 2. The average molecular weight is 432 g/mol. The van der Waals surface area contributed by atoms with Crippen molar-refractivity contribution in [1.82, 2.24) is 9.55 Å².